The Balaban J connectivity index is 1.38. The minimum absolute atomic E-state index is 0.0576. The van der Waals surface area contributed by atoms with Crippen molar-refractivity contribution in [3.8, 4) is 11.5 Å². The molecule has 2 heterocycles. The molecule has 1 aliphatic carbocycles. The number of rotatable bonds is 4. The molecule has 0 spiro atoms. The molecule has 0 radical (unpaired) electrons. The van der Waals surface area contributed by atoms with E-state index < -0.39 is 0 Å². The fourth-order valence-electron chi connectivity index (χ4n) is 4.53. The number of amides is 1. The molecule has 1 aromatic carbocycles. The van der Waals surface area contributed by atoms with Gasteiger partial charge in [0.2, 0.25) is 0 Å². The molecule has 25 heavy (non-hydrogen) atoms. The summed E-state index contributed by atoms with van der Waals surface area (Å²) in [6, 6.07) is 6.72. The molecule has 1 amide bonds. The minimum atomic E-state index is -0.0576. The van der Waals surface area contributed by atoms with Gasteiger partial charge in [0.1, 0.15) is 13.2 Å². The summed E-state index contributed by atoms with van der Waals surface area (Å²) in [5.74, 6) is 1.20. The second kappa shape index (κ2) is 7.65. The van der Waals surface area contributed by atoms with Crippen LogP contribution in [-0.2, 0) is 0 Å². The number of benzene rings is 1. The third-order valence-electron chi connectivity index (χ3n) is 5.78. The van der Waals surface area contributed by atoms with Crippen LogP contribution in [0.1, 0.15) is 55.3 Å². The number of likely N-dealkylation sites (tertiary alicyclic amines) is 1. The standard InChI is InChI=1S/C20H28N2O3/c23-20(17-9-4-10-18-19(17)25-13-12-24-18)21-14-16-8-5-11-22(16)15-6-2-1-3-7-15/h4,9-10,15-16H,1-3,5-8,11-14H2,(H,21,23)/t16-/m0/s1. The Morgan fingerprint density at radius 3 is 2.80 bits per heavy atom. The van der Waals surface area contributed by atoms with Crippen molar-refractivity contribution < 1.29 is 14.3 Å². The molecule has 0 unspecified atom stereocenters. The van der Waals surface area contributed by atoms with E-state index in [1.165, 1.54) is 51.5 Å². The SMILES string of the molecule is O=C(NC[C@@H]1CCCN1C1CCCCC1)c1cccc2c1OCCO2. The molecule has 1 N–H and O–H groups in total. The summed E-state index contributed by atoms with van der Waals surface area (Å²) >= 11 is 0. The van der Waals surface area contributed by atoms with E-state index >= 15 is 0 Å². The van der Waals surface area contributed by atoms with Crippen LogP contribution < -0.4 is 14.8 Å². The lowest BCUT2D eigenvalue weighted by Gasteiger charge is -2.35. The zero-order valence-corrected chi connectivity index (χ0v) is 14.8. The van der Waals surface area contributed by atoms with Crippen LogP contribution >= 0.6 is 0 Å². The summed E-state index contributed by atoms with van der Waals surface area (Å²) in [6.45, 7) is 2.94. The van der Waals surface area contributed by atoms with Crippen molar-refractivity contribution >= 4 is 5.91 Å². The van der Waals surface area contributed by atoms with E-state index in [0.29, 0.717) is 36.3 Å². The maximum Gasteiger partial charge on any atom is 0.255 e. The molecule has 2 fully saturated rings. The van der Waals surface area contributed by atoms with Crippen molar-refractivity contribution in [1.29, 1.82) is 0 Å². The van der Waals surface area contributed by atoms with Crippen LogP contribution in [0, 0.1) is 0 Å². The Morgan fingerprint density at radius 2 is 1.92 bits per heavy atom. The first-order valence-electron chi connectivity index (χ1n) is 9.75. The fraction of sp³-hybridized carbons (Fsp3) is 0.650. The number of carbonyl (C=O) groups excluding carboxylic acids is 1. The summed E-state index contributed by atoms with van der Waals surface area (Å²) in [5, 5.41) is 3.14. The second-order valence-corrected chi connectivity index (χ2v) is 7.37. The molecule has 1 atom stereocenters. The average molecular weight is 344 g/mol. The highest BCUT2D eigenvalue weighted by atomic mass is 16.6. The van der Waals surface area contributed by atoms with Crippen molar-refractivity contribution in [2.24, 2.45) is 0 Å². The molecule has 5 heteroatoms. The molecular formula is C20H28N2O3. The summed E-state index contributed by atoms with van der Waals surface area (Å²) < 4.78 is 11.2. The lowest BCUT2D eigenvalue weighted by Crippen LogP contribution is -2.45. The van der Waals surface area contributed by atoms with Crippen LogP contribution in [-0.4, -0.2) is 49.2 Å². The predicted octanol–water partition coefficient (Wildman–Crippen LogP) is 2.98. The summed E-state index contributed by atoms with van der Waals surface area (Å²) in [4.78, 5) is 15.3. The lowest BCUT2D eigenvalue weighted by atomic mass is 9.94. The van der Waals surface area contributed by atoms with E-state index in [-0.39, 0.29) is 5.91 Å². The molecule has 0 bridgehead atoms. The monoisotopic (exact) mass is 344 g/mol. The molecule has 136 valence electrons. The van der Waals surface area contributed by atoms with Gasteiger partial charge in [0.25, 0.3) is 5.91 Å². The molecule has 1 aromatic rings. The van der Waals surface area contributed by atoms with Crippen LogP contribution in [0.4, 0.5) is 0 Å². The number of fused-ring (bicyclic) bond motifs is 1. The maximum absolute atomic E-state index is 12.7. The third-order valence-corrected chi connectivity index (χ3v) is 5.78. The van der Waals surface area contributed by atoms with Crippen LogP contribution in [0.2, 0.25) is 0 Å². The third kappa shape index (κ3) is 3.61. The summed E-state index contributed by atoms with van der Waals surface area (Å²) in [7, 11) is 0. The van der Waals surface area contributed by atoms with Crippen LogP contribution in [0.25, 0.3) is 0 Å². The molecule has 1 saturated heterocycles. The molecule has 0 aromatic heterocycles. The van der Waals surface area contributed by atoms with Gasteiger partial charge in [-0.2, -0.15) is 0 Å². The average Bonchev–Trinajstić information content (AvgIpc) is 3.15. The first kappa shape index (κ1) is 16.7. The van der Waals surface area contributed by atoms with Gasteiger partial charge in [0.05, 0.1) is 5.56 Å². The number of nitrogens with one attached hydrogen (secondary N) is 1. The van der Waals surface area contributed by atoms with Gasteiger partial charge >= 0.3 is 0 Å². The van der Waals surface area contributed by atoms with Crippen molar-refractivity contribution in [3.05, 3.63) is 23.8 Å². The number of hydrogen-bond donors (Lipinski definition) is 1. The van der Waals surface area contributed by atoms with Crippen molar-refractivity contribution in [2.45, 2.75) is 57.0 Å². The van der Waals surface area contributed by atoms with Crippen LogP contribution in [0.3, 0.4) is 0 Å². The quantitative estimate of drug-likeness (QED) is 0.912. The van der Waals surface area contributed by atoms with Crippen molar-refractivity contribution in [1.82, 2.24) is 10.2 Å². The number of ether oxygens (including phenoxy) is 2. The summed E-state index contributed by atoms with van der Waals surface area (Å²) in [6.07, 6.45) is 9.16. The first-order chi connectivity index (χ1) is 12.3. The number of carbonyl (C=O) groups is 1. The first-order valence-corrected chi connectivity index (χ1v) is 9.75. The van der Waals surface area contributed by atoms with E-state index in [9.17, 15) is 4.79 Å². The lowest BCUT2D eigenvalue weighted by molar-refractivity contribution is 0.0910. The van der Waals surface area contributed by atoms with Gasteiger partial charge in [-0.25, -0.2) is 0 Å². The molecule has 4 rings (SSSR count). The van der Waals surface area contributed by atoms with Crippen molar-refractivity contribution in [3.63, 3.8) is 0 Å². The Morgan fingerprint density at radius 1 is 1.08 bits per heavy atom. The highest BCUT2D eigenvalue weighted by Gasteiger charge is 2.31. The Labute approximate surface area is 149 Å². The Kier molecular flexibility index (Phi) is 5.11. The van der Waals surface area contributed by atoms with Gasteiger partial charge in [0, 0.05) is 18.6 Å². The zero-order chi connectivity index (χ0) is 17.1. The smallest absolute Gasteiger partial charge is 0.255 e. The molecule has 1 saturated carbocycles. The number of hydrogen-bond acceptors (Lipinski definition) is 4. The molecule has 3 aliphatic rings. The molecular weight excluding hydrogens is 316 g/mol. The number of nitrogens with zero attached hydrogens (tertiary/aromatic N) is 1. The van der Waals surface area contributed by atoms with Gasteiger partial charge < -0.3 is 14.8 Å². The maximum atomic E-state index is 12.7. The zero-order valence-electron chi connectivity index (χ0n) is 14.8. The Bertz CT molecular complexity index is 613. The predicted molar refractivity (Wildman–Crippen MR) is 96.4 cm³/mol. The second-order valence-electron chi connectivity index (χ2n) is 7.37. The highest BCUT2D eigenvalue weighted by Crippen LogP contribution is 2.33. The van der Waals surface area contributed by atoms with E-state index in [4.69, 9.17) is 9.47 Å². The number of para-hydroxylation sites is 1. The molecule has 5 nitrogen and oxygen atoms in total. The van der Waals surface area contributed by atoms with E-state index in [0.717, 1.165) is 12.6 Å². The van der Waals surface area contributed by atoms with E-state index in [1.54, 1.807) is 0 Å². The van der Waals surface area contributed by atoms with Crippen molar-refractivity contribution in [2.75, 3.05) is 26.3 Å². The van der Waals surface area contributed by atoms with Gasteiger partial charge in [-0.1, -0.05) is 25.3 Å². The Hall–Kier alpha value is -1.75. The molecule has 2 aliphatic heterocycles. The van der Waals surface area contributed by atoms with Gasteiger partial charge in [-0.15, -0.1) is 0 Å². The van der Waals surface area contributed by atoms with E-state index in [2.05, 4.69) is 10.2 Å². The van der Waals surface area contributed by atoms with Gasteiger partial charge in [-0.05, 0) is 44.4 Å². The summed E-state index contributed by atoms with van der Waals surface area (Å²) in [5.41, 5.74) is 0.583. The topological polar surface area (TPSA) is 50.8 Å². The highest BCUT2D eigenvalue weighted by molar-refractivity contribution is 5.97. The van der Waals surface area contributed by atoms with Gasteiger partial charge in [0.15, 0.2) is 11.5 Å². The van der Waals surface area contributed by atoms with Crippen LogP contribution in [0.5, 0.6) is 11.5 Å². The fourth-order valence-corrected chi connectivity index (χ4v) is 4.53. The minimum Gasteiger partial charge on any atom is -0.486 e. The van der Waals surface area contributed by atoms with Crippen LogP contribution in [0.15, 0.2) is 18.2 Å². The normalized spacial score (nSPS) is 24.2. The van der Waals surface area contributed by atoms with E-state index in [1.807, 2.05) is 18.2 Å². The largest absolute Gasteiger partial charge is 0.486 e. The van der Waals surface area contributed by atoms with Gasteiger partial charge in [-0.3, -0.25) is 9.69 Å².